The number of hydrogen-bond donors (Lipinski definition) is 2. The Morgan fingerprint density at radius 3 is 2.94 bits per heavy atom. The highest BCUT2D eigenvalue weighted by Gasteiger charge is 2.12. The lowest BCUT2D eigenvalue weighted by molar-refractivity contribution is 0.392. The smallest absolute Gasteiger partial charge is 0.126 e. The van der Waals surface area contributed by atoms with Gasteiger partial charge in [-0.1, -0.05) is 13.8 Å². The SMILES string of the molecule is CC.Cc1ccnc(NCC2CCCNC2)c1. The van der Waals surface area contributed by atoms with E-state index in [0.29, 0.717) is 0 Å². The van der Waals surface area contributed by atoms with Crippen molar-refractivity contribution in [2.75, 3.05) is 25.0 Å². The van der Waals surface area contributed by atoms with Crippen molar-refractivity contribution >= 4 is 5.82 Å². The molecule has 1 aromatic rings. The van der Waals surface area contributed by atoms with Gasteiger partial charge in [0.2, 0.25) is 0 Å². The monoisotopic (exact) mass is 235 g/mol. The topological polar surface area (TPSA) is 37.0 Å². The Bertz CT molecular complexity index is 306. The molecule has 1 aliphatic heterocycles. The van der Waals surface area contributed by atoms with E-state index in [0.717, 1.165) is 24.8 Å². The first-order valence-electron chi connectivity index (χ1n) is 6.72. The largest absolute Gasteiger partial charge is 0.370 e. The summed E-state index contributed by atoms with van der Waals surface area (Å²) >= 11 is 0. The molecule has 1 unspecified atom stereocenters. The summed E-state index contributed by atoms with van der Waals surface area (Å²) in [7, 11) is 0. The van der Waals surface area contributed by atoms with Crippen LogP contribution in [-0.2, 0) is 0 Å². The van der Waals surface area contributed by atoms with Crippen molar-refractivity contribution in [3.8, 4) is 0 Å². The Morgan fingerprint density at radius 1 is 1.47 bits per heavy atom. The molecule has 0 spiro atoms. The number of nitrogens with zero attached hydrogens (tertiary/aromatic N) is 1. The molecule has 3 nitrogen and oxygen atoms in total. The maximum atomic E-state index is 4.29. The van der Waals surface area contributed by atoms with Crippen molar-refractivity contribution in [1.82, 2.24) is 10.3 Å². The molecule has 17 heavy (non-hydrogen) atoms. The van der Waals surface area contributed by atoms with Crippen molar-refractivity contribution in [2.45, 2.75) is 33.6 Å². The molecule has 96 valence electrons. The Hall–Kier alpha value is -1.09. The molecular weight excluding hydrogens is 210 g/mol. The van der Waals surface area contributed by atoms with Crippen LogP contribution in [0.25, 0.3) is 0 Å². The van der Waals surface area contributed by atoms with Gasteiger partial charge in [0.05, 0.1) is 0 Å². The van der Waals surface area contributed by atoms with Gasteiger partial charge in [0.25, 0.3) is 0 Å². The number of nitrogens with one attached hydrogen (secondary N) is 2. The second-order valence-corrected chi connectivity index (χ2v) is 4.31. The highest BCUT2D eigenvalue weighted by molar-refractivity contribution is 5.36. The summed E-state index contributed by atoms with van der Waals surface area (Å²) in [6.07, 6.45) is 4.48. The first-order chi connectivity index (χ1) is 8.34. The molecule has 1 fully saturated rings. The van der Waals surface area contributed by atoms with Gasteiger partial charge >= 0.3 is 0 Å². The maximum absolute atomic E-state index is 4.29. The Balaban J connectivity index is 0.000000686. The minimum atomic E-state index is 0.751. The van der Waals surface area contributed by atoms with E-state index in [2.05, 4.69) is 28.6 Å². The first kappa shape index (κ1) is 14.0. The average Bonchev–Trinajstić information content (AvgIpc) is 2.40. The van der Waals surface area contributed by atoms with Gasteiger partial charge < -0.3 is 10.6 Å². The molecule has 2 heterocycles. The third kappa shape index (κ3) is 5.18. The van der Waals surface area contributed by atoms with E-state index in [1.807, 2.05) is 26.1 Å². The number of piperidine rings is 1. The van der Waals surface area contributed by atoms with Gasteiger partial charge in [-0.15, -0.1) is 0 Å². The van der Waals surface area contributed by atoms with Gasteiger partial charge in [0, 0.05) is 12.7 Å². The number of anilines is 1. The quantitative estimate of drug-likeness (QED) is 0.846. The van der Waals surface area contributed by atoms with Crippen LogP contribution in [0.5, 0.6) is 0 Å². The van der Waals surface area contributed by atoms with Crippen LogP contribution in [0.2, 0.25) is 0 Å². The molecule has 0 radical (unpaired) electrons. The zero-order valence-electron chi connectivity index (χ0n) is 11.3. The zero-order chi connectivity index (χ0) is 12.5. The van der Waals surface area contributed by atoms with Gasteiger partial charge in [0.1, 0.15) is 5.82 Å². The normalized spacial score (nSPS) is 19.1. The number of rotatable bonds is 3. The summed E-state index contributed by atoms with van der Waals surface area (Å²) in [5, 5.41) is 6.83. The van der Waals surface area contributed by atoms with Crippen molar-refractivity contribution in [3.05, 3.63) is 23.9 Å². The summed E-state index contributed by atoms with van der Waals surface area (Å²) in [5.41, 5.74) is 1.26. The van der Waals surface area contributed by atoms with Crippen LogP contribution in [0.15, 0.2) is 18.3 Å². The fourth-order valence-corrected chi connectivity index (χ4v) is 1.98. The fraction of sp³-hybridized carbons (Fsp3) is 0.643. The van der Waals surface area contributed by atoms with Crippen LogP contribution in [-0.4, -0.2) is 24.6 Å². The van der Waals surface area contributed by atoms with Crippen molar-refractivity contribution in [2.24, 2.45) is 5.92 Å². The van der Waals surface area contributed by atoms with Crippen molar-refractivity contribution in [1.29, 1.82) is 0 Å². The van der Waals surface area contributed by atoms with E-state index in [1.54, 1.807) is 0 Å². The van der Waals surface area contributed by atoms with E-state index in [-0.39, 0.29) is 0 Å². The van der Waals surface area contributed by atoms with E-state index >= 15 is 0 Å². The lowest BCUT2D eigenvalue weighted by Gasteiger charge is -2.23. The summed E-state index contributed by atoms with van der Waals surface area (Å²) in [4.78, 5) is 4.29. The number of hydrogen-bond acceptors (Lipinski definition) is 3. The molecule has 0 bridgehead atoms. The lowest BCUT2D eigenvalue weighted by Crippen LogP contribution is -2.33. The molecule has 1 atom stereocenters. The van der Waals surface area contributed by atoms with E-state index in [1.165, 1.54) is 24.9 Å². The second-order valence-electron chi connectivity index (χ2n) is 4.31. The second kappa shape index (κ2) is 8.07. The van der Waals surface area contributed by atoms with Crippen LogP contribution >= 0.6 is 0 Å². The number of pyridine rings is 1. The molecule has 0 aliphatic carbocycles. The van der Waals surface area contributed by atoms with Gasteiger partial charge in [0.15, 0.2) is 0 Å². The maximum Gasteiger partial charge on any atom is 0.126 e. The van der Waals surface area contributed by atoms with E-state index < -0.39 is 0 Å². The lowest BCUT2D eigenvalue weighted by atomic mass is 10.00. The highest BCUT2D eigenvalue weighted by atomic mass is 15.0. The zero-order valence-corrected chi connectivity index (χ0v) is 11.3. The van der Waals surface area contributed by atoms with Crippen LogP contribution in [0, 0.1) is 12.8 Å². The minimum absolute atomic E-state index is 0.751. The standard InChI is InChI=1S/C12H19N3.C2H6/c1-10-4-6-14-12(7-10)15-9-11-3-2-5-13-8-11;1-2/h4,6-7,11,13H,2-3,5,8-9H2,1H3,(H,14,15);1-2H3. The third-order valence-corrected chi connectivity index (χ3v) is 2.89. The molecule has 0 aromatic carbocycles. The highest BCUT2D eigenvalue weighted by Crippen LogP contribution is 2.11. The molecule has 1 aliphatic rings. The first-order valence-corrected chi connectivity index (χ1v) is 6.72. The fourth-order valence-electron chi connectivity index (χ4n) is 1.98. The van der Waals surface area contributed by atoms with Crippen molar-refractivity contribution < 1.29 is 0 Å². The van der Waals surface area contributed by atoms with Gasteiger partial charge in [-0.3, -0.25) is 0 Å². The van der Waals surface area contributed by atoms with Crippen LogP contribution < -0.4 is 10.6 Å². The predicted molar refractivity (Wildman–Crippen MR) is 74.4 cm³/mol. The molecule has 3 heteroatoms. The molecule has 0 saturated carbocycles. The molecule has 2 rings (SSSR count). The molecule has 0 amide bonds. The Labute approximate surface area is 105 Å². The van der Waals surface area contributed by atoms with Crippen molar-refractivity contribution in [3.63, 3.8) is 0 Å². The number of aromatic nitrogens is 1. The molecule has 1 aromatic heterocycles. The van der Waals surface area contributed by atoms with E-state index in [4.69, 9.17) is 0 Å². The summed E-state index contributed by atoms with van der Waals surface area (Å²) in [5.74, 6) is 1.75. The minimum Gasteiger partial charge on any atom is -0.370 e. The van der Waals surface area contributed by atoms with Crippen LogP contribution in [0.3, 0.4) is 0 Å². The average molecular weight is 235 g/mol. The Morgan fingerprint density at radius 2 is 2.29 bits per heavy atom. The van der Waals surface area contributed by atoms with Gasteiger partial charge in [-0.05, 0) is 56.5 Å². The molecule has 2 N–H and O–H groups in total. The third-order valence-electron chi connectivity index (χ3n) is 2.89. The Kier molecular flexibility index (Phi) is 6.63. The number of aryl methyl sites for hydroxylation is 1. The van der Waals surface area contributed by atoms with E-state index in [9.17, 15) is 0 Å². The van der Waals surface area contributed by atoms with Crippen LogP contribution in [0.4, 0.5) is 5.82 Å². The summed E-state index contributed by atoms with van der Waals surface area (Å²) in [6.45, 7) is 9.44. The van der Waals surface area contributed by atoms with Gasteiger partial charge in [-0.25, -0.2) is 4.98 Å². The van der Waals surface area contributed by atoms with Crippen LogP contribution in [0.1, 0.15) is 32.3 Å². The summed E-state index contributed by atoms with van der Waals surface area (Å²) in [6, 6.07) is 4.11. The predicted octanol–water partition coefficient (Wildman–Crippen LogP) is 2.83. The van der Waals surface area contributed by atoms with Gasteiger partial charge in [-0.2, -0.15) is 0 Å². The molecule has 1 saturated heterocycles. The molecular formula is C14H25N3. The summed E-state index contributed by atoms with van der Waals surface area (Å²) < 4.78 is 0.